The SMILES string of the molecule is C[C@H]1Cc2cc(/C(O)=C3\C(=O)C(=O)N(Cc4ccccc4)[C@H]3c3cccc(O)c3)ccc2O1. The van der Waals surface area contributed by atoms with Crippen molar-refractivity contribution in [1.82, 2.24) is 4.90 Å². The quantitative estimate of drug-likeness (QED) is 0.357. The maximum absolute atomic E-state index is 13.2. The first-order valence-electron chi connectivity index (χ1n) is 10.8. The van der Waals surface area contributed by atoms with Crippen LogP contribution >= 0.6 is 0 Å². The Bertz CT molecular complexity index is 1280. The van der Waals surface area contributed by atoms with Crippen molar-refractivity contribution in [2.24, 2.45) is 0 Å². The number of phenols is 1. The molecule has 0 unspecified atom stereocenters. The van der Waals surface area contributed by atoms with Crippen LogP contribution in [-0.2, 0) is 22.6 Å². The average molecular weight is 441 g/mol. The van der Waals surface area contributed by atoms with E-state index in [0.29, 0.717) is 17.5 Å². The number of Topliss-reactive ketones (excluding diaryl/α,β-unsaturated/α-hetero) is 1. The van der Waals surface area contributed by atoms with Crippen LogP contribution in [0.1, 0.15) is 35.2 Å². The number of phenolic OH excluding ortho intramolecular Hbond substituents is 1. The monoisotopic (exact) mass is 441 g/mol. The number of rotatable bonds is 4. The molecule has 6 heteroatoms. The fourth-order valence-electron chi connectivity index (χ4n) is 4.59. The van der Waals surface area contributed by atoms with E-state index in [0.717, 1.165) is 16.9 Å². The lowest BCUT2D eigenvalue weighted by molar-refractivity contribution is -0.140. The molecule has 2 aliphatic heterocycles. The number of likely N-dealkylation sites (tertiary alicyclic amines) is 1. The van der Waals surface area contributed by atoms with Gasteiger partial charge in [-0.15, -0.1) is 0 Å². The number of carbonyl (C=O) groups is 2. The van der Waals surface area contributed by atoms with E-state index < -0.39 is 17.7 Å². The van der Waals surface area contributed by atoms with Crippen molar-refractivity contribution >= 4 is 17.4 Å². The van der Waals surface area contributed by atoms with Crippen LogP contribution in [0.15, 0.2) is 78.4 Å². The van der Waals surface area contributed by atoms with Gasteiger partial charge in [0.1, 0.15) is 23.4 Å². The van der Waals surface area contributed by atoms with Gasteiger partial charge < -0.3 is 19.8 Å². The zero-order valence-electron chi connectivity index (χ0n) is 18.1. The van der Waals surface area contributed by atoms with Gasteiger partial charge in [0.25, 0.3) is 11.7 Å². The highest BCUT2D eigenvalue weighted by Crippen LogP contribution is 2.42. The number of ether oxygens (including phenoxy) is 1. The highest BCUT2D eigenvalue weighted by atomic mass is 16.5. The molecule has 0 saturated carbocycles. The van der Waals surface area contributed by atoms with Gasteiger partial charge in [-0.05, 0) is 53.9 Å². The van der Waals surface area contributed by atoms with Crippen molar-refractivity contribution in [3.8, 4) is 11.5 Å². The fourth-order valence-corrected chi connectivity index (χ4v) is 4.59. The van der Waals surface area contributed by atoms with Crippen LogP contribution in [-0.4, -0.2) is 32.9 Å². The lowest BCUT2D eigenvalue weighted by Crippen LogP contribution is -2.29. The summed E-state index contributed by atoms with van der Waals surface area (Å²) in [7, 11) is 0. The molecule has 0 bridgehead atoms. The zero-order valence-corrected chi connectivity index (χ0v) is 18.1. The van der Waals surface area contributed by atoms with Crippen molar-refractivity contribution < 1.29 is 24.5 Å². The van der Waals surface area contributed by atoms with Gasteiger partial charge in [-0.2, -0.15) is 0 Å². The number of amides is 1. The van der Waals surface area contributed by atoms with Gasteiger partial charge in [0.15, 0.2) is 0 Å². The standard InChI is InChI=1S/C27H23NO5/c1-16-12-20-13-19(10-11-22(20)33-16)25(30)23-24(18-8-5-9-21(29)14-18)28(27(32)26(23)31)15-17-6-3-2-4-7-17/h2-11,13-14,16,24,29-30H,12,15H2,1H3/b25-23+/t16-,24-/m0/s1. The van der Waals surface area contributed by atoms with E-state index in [1.165, 1.54) is 17.0 Å². The molecule has 2 aliphatic rings. The Labute approximate surface area is 191 Å². The Balaban J connectivity index is 1.64. The maximum atomic E-state index is 13.2. The molecule has 1 fully saturated rings. The van der Waals surface area contributed by atoms with Crippen LogP contribution in [0.5, 0.6) is 11.5 Å². The van der Waals surface area contributed by atoms with Gasteiger partial charge in [0, 0.05) is 18.5 Å². The second kappa shape index (κ2) is 8.13. The van der Waals surface area contributed by atoms with Gasteiger partial charge in [-0.3, -0.25) is 9.59 Å². The molecule has 1 amide bonds. The molecule has 6 nitrogen and oxygen atoms in total. The van der Waals surface area contributed by atoms with Crippen molar-refractivity contribution in [3.63, 3.8) is 0 Å². The molecule has 33 heavy (non-hydrogen) atoms. The van der Waals surface area contributed by atoms with Gasteiger partial charge in [0.2, 0.25) is 0 Å². The van der Waals surface area contributed by atoms with Crippen LogP contribution in [0.25, 0.3) is 5.76 Å². The third-order valence-corrected chi connectivity index (χ3v) is 6.09. The summed E-state index contributed by atoms with van der Waals surface area (Å²) in [5.74, 6) is -0.900. The van der Waals surface area contributed by atoms with Crippen molar-refractivity contribution in [3.05, 3.63) is 101 Å². The minimum Gasteiger partial charge on any atom is -0.508 e. The van der Waals surface area contributed by atoms with Crippen LogP contribution in [0.4, 0.5) is 0 Å². The van der Waals surface area contributed by atoms with Crippen molar-refractivity contribution in [2.75, 3.05) is 0 Å². The number of aliphatic hydroxyl groups excluding tert-OH is 1. The summed E-state index contributed by atoms with van der Waals surface area (Å²) in [5.41, 5.74) is 2.81. The lowest BCUT2D eigenvalue weighted by atomic mass is 9.94. The molecule has 5 rings (SSSR count). The number of aliphatic hydroxyl groups is 1. The smallest absolute Gasteiger partial charge is 0.295 e. The molecule has 2 N–H and O–H groups in total. The number of carbonyl (C=O) groups excluding carboxylic acids is 2. The Morgan fingerprint density at radius 3 is 2.58 bits per heavy atom. The Morgan fingerprint density at radius 1 is 1.03 bits per heavy atom. The number of benzene rings is 3. The van der Waals surface area contributed by atoms with Gasteiger partial charge in [0.05, 0.1) is 11.6 Å². The number of fused-ring (bicyclic) bond motifs is 1. The third kappa shape index (κ3) is 3.74. The first-order valence-corrected chi connectivity index (χ1v) is 10.8. The number of aromatic hydroxyl groups is 1. The van der Waals surface area contributed by atoms with Crippen molar-refractivity contribution in [2.45, 2.75) is 32.0 Å². The second-order valence-corrected chi connectivity index (χ2v) is 8.46. The molecule has 2 heterocycles. The first kappa shape index (κ1) is 20.8. The molecule has 3 aromatic carbocycles. The van der Waals surface area contributed by atoms with E-state index in [2.05, 4.69) is 0 Å². The molecule has 3 aromatic rings. The summed E-state index contributed by atoms with van der Waals surface area (Å²) in [6.45, 7) is 2.16. The Hall–Kier alpha value is -4.06. The van der Waals surface area contributed by atoms with Crippen molar-refractivity contribution in [1.29, 1.82) is 0 Å². The van der Waals surface area contributed by atoms with Gasteiger partial charge in [-0.1, -0.05) is 42.5 Å². The molecule has 0 spiro atoms. The highest BCUT2D eigenvalue weighted by Gasteiger charge is 2.46. The van der Waals surface area contributed by atoms with Crippen LogP contribution < -0.4 is 4.74 Å². The topological polar surface area (TPSA) is 87.1 Å². The van der Waals surface area contributed by atoms with E-state index in [4.69, 9.17) is 4.74 Å². The van der Waals surface area contributed by atoms with E-state index in [1.807, 2.05) is 37.3 Å². The minimum absolute atomic E-state index is 0.00782. The summed E-state index contributed by atoms with van der Waals surface area (Å²) in [4.78, 5) is 27.7. The molecular weight excluding hydrogens is 418 g/mol. The number of hydrogen-bond acceptors (Lipinski definition) is 5. The maximum Gasteiger partial charge on any atom is 0.295 e. The summed E-state index contributed by atoms with van der Waals surface area (Å²) in [6.07, 6.45) is 0.746. The number of hydrogen-bond donors (Lipinski definition) is 2. The second-order valence-electron chi connectivity index (χ2n) is 8.46. The van der Waals surface area contributed by atoms with Gasteiger partial charge >= 0.3 is 0 Å². The highest BCUT2D eigenvalue weighted by molar-refractivity contribution is 6.46. The number of nitrogens with zero attached hydrogens (tertiary/aromatic N) is 1. The van der Waals surface area contributed by atoms with Crippen LogP contribution in [0.2, 0.25) is 0 Å². The van der Waals surface area contributed by atoms with Crippen LogP contribution in [0, 0.1) is 0 Å². The fraction of sp³-hybridized carbons (Fsp3) is 0.185. The Morgan fingerprint density at radius 2 is 1.82 bits per heavy atom. The molecule has 0 aromatic heterocycles. The zero-order chi connectivity index (χ0) is 23.1. The molecule has 166 valence electrons. The third-order valence-electron chi connectivity index (χ3n) is 6.09. The molecule has 0 aliphatic carbocycles. The summed E-state index contributed by atoms with van der Waals surface area (Å²) < 4.78 is 5.74. The van der Waals surface area contributed by atoms with Gasteiger partial charge in [-0.25, -0.2) is 0 Å². The van der Waals surface area contributed by atoms with E-state index in [1.54, 1.807) is 30.3 Å². The van der Waals surface area contributed by atoms with Crippen LogP contribution in [0.3, 0.4) is 0 Å². The summed E-state index contributed by atoms with van der Waals surface area (Å²) in [5, 5.41) is 21.3. The predicted molar refractivity (Wildman–Crippen MR) is 123 cm³/mol. The molecular formula is C27H23NO5. The average Bonchev–Trinajstić information content (AvgIpc) is 3.30. The van der Waals surface area contributed by atoms with E-state index in [9.17, 15) is 19.8 Å². The molecule has 2 atom stereocenters. The Kier molecular flexibility index (Phi) is 5.13. The predicted octanol–water partition coefficient (Wildman–Crippen LogP) is 4.34. The molecule has 1 saturated heterocycles. The first-order chi connectivity index (χ1) is 15.9. The summed E-state index contributed by atoms with van der Waals surface area (Å²) in [6, 6.07) is 20.2. The van der Waals surface area contributed by atoms with E-state index >= 15 is 0 Å². The minimum atomic E-state index is -0.833. The normalized spacial score (nSPS) is 21.2. The largest absolute Gasteiger partial charge is 0.508 e. The summed E-state index contributed by atoms with van der Waals surface area (Å²) >= 11 is 0. The van der Waals surface area contributed by atoms with E-state index in [-0.39, 0.29) is 29.7 Å². The molecule has 0 radical (unpaired) electrons. The lowest BCUT2D eigenvalue weighted by Gasteiger charge is -2.25. The number of ketones is 1.